The second-order valence-electron chi connectivity index (χ2n) is 4.31. The zero-order valence-corrected chi connectivity index (χ0v) is 11.2. The first-order chi connectivity index (χ1) is 9.69. The molecule has 0 bridgehead atoms. The molecule has 0 unspecified atom stereocenters. The van der Waals surface area contributed by atoms with Crippen molar-refractivity contribution in [3.05, 3.63) is 41.7 Å². The smallest absolute Gasteiger partial charge is 0.321 e. The molecule has 0 saturated heterocycles. The van der Waals surface area contributed by atoms with Crippen molar-refractivity contribution in [1.29, 1.82) is 0 Å². The monoisotopic (exact) mass is 275 g/mol. The van der Waals surface area contributed by atoms with Gasteiger partial charge in [0.15, 0.2) is 0 Å². The van der Waals surface area contributed by atoms with Crippen LogP contribution in [0.4, 0.5) is 10.7 Å². The van der Waals surface area contributed by atoms with Crippen molar-refractivity contribution in [1.82, 2.24) is 20.1 Å². The molecule has 7 heteroatoms. The summed E-state index contributed by atoms with van der Waals surface area (Å²) in [6.07, 6.45) is 2.09. The fourth-order valence-electron chi connectivity index (χ4n) is 1.69. The third-order valence-electron chi connectivity index (χ3n) is 2.84. The molecule has 0 atom stereocenters. The summed E-state index contributed by atoms with van der Waals surface area (Å²) in [5.41, 5.74) is 1.97. The van der Waals surface area contributed by atoms with E-state index in [0.717, 1.165) is 17.5 Å². The maximum absolute atomic E-state index is 11.6. The number of carbonyl (C=O) groups is 1. The number of nitrogens with one attached hydrogen (secondary N) is 2. The molecule has 0 saturated carbocycles. The quantitative estimate of drug-likeness (QED) is 0.748. The van der Waals surface area contributed by atoms with Crippen LogP contribution in [0.25, 0.3) is 0 Å². The molecule has 1 aromatic carbocycles. The molecule has 0 aliphatic rings. The van der Waals surface area contributed by atoms with Gasteiger partial charge in [0, 0.05) is 13.6 Å². The molecule has 3 N–H and O–H groups in total. The van der Waals surface area contributed by atoms with Crippen molar-refractivity contribution < 1.29 is 9.90 Å². The highest BCUT2D eigenvalue weighted by Crippen LogP contribution is 2.04. The number of aromatic nitrogens is 3. The topological polar surface area (TPSA) is 92.1 Å². The lowest BCUT2D eigenvalue weighted by atomic mass is 10.1. The van der Waals surface area contributed by atoms with Gasteiger partial charge in [-0.25, -0.2) is 9.48 Å². The first-order valence-corrected chi connectivity index (χ1v) is 6.26. The van der Waals surface area contributed by atoms with Gasteiger partial charge in [-0.2, -0.15) is 10.1 Å². The van der Waals surface area contributed by atoms with E-state index in [0.29, 0.717) is 12.5 Å². The number of hydrogen-bond acceptors (Lipinski definition) is 4. The van der Waals surface area contributed by atoms with E-state index in [4.69, 9.17) is 5.11 Å². The lowest BCUT2D eigenvalue weighted by Gasteiger charge is -2.07. The molecule has 7 nitrogen and oxygen atoms in total. The van der Waals surface area contributed by atoms with E-state index >= 15 is 0 Å². The van der Waals surface area contributed by atoms with Gasteiger partial charge in [0.05, 0.1) is 6.61 Å². The highest BCUT2D eigenvalue weighted by atomic mass is 16.3. The van der Waals surface area contributed by atoms with Gasteiger partial charge < -0.3 is 10.4 Å². The molecule has 0 aliphatic carbocycles. The van der Waals surface area contributed by atoms with E-state index < -0.39 is 0 Å². The van der Waals surface area contributed by atoms with E-state index in [1.165, 1.54) is 11.0 Å². The summed E-state index contributed by atoms with van der Waals surface area (Å²) in [4.78, 5) is 15.5. The normalized spacial score (nSPS) is 10.3. The molecular weight excluding hydrogens is 258 g/mol. The Hall–Kier alpha value is -2.41. The Labute approximate surface area is 116 Å². The number of rotatable bonds is 5. The second kappa shape index (κ2) is 6.67. The lowest BCUT2D eigenvalue weighted by molar-refractivity contribution is 0.252. The van der Waals surface area contributed by atoms with Crippen LogP contribution >= 0.6 is 0 Å². The van der Waals surface area contributed by atoms with E-state index in [1.54, 1.807) is 7.05 Å². The standard InChI is InChI=1S/C13H17N5O2/c1-18-12(15-9-16-18)17-13(20)14-7-6-10-2-4-11(8-19)5-3-10/h2-5,9,19H,6-8H2,1H3,(H2,14,15,16,17,20). The number of nitrogens with zero attached hydrogens (tertiary/aromatic N) is 3. The molecule has 1 heterocycles. The maximum Gasteiger partial charge on any atom is 0.321 e. The molecular formula is C13H17N5O2. The predicted molar refractivity (Wildman–Crippen MR) is 74.1 cm³/mol. The molecule has 20 heavy (non-hydrogen) atoms. The van der Waals surface area contributed by atoms with Gasteiger partial charge in [-0.15, -0.1) is 0 Å². The van der Waals surface area contributed by atoms with Crippen molar-refractivity contribution in [2.45, 2.75) is 13.0 Å². The molecule has 0 aliphatic heterocycles. The summed E-state index contributed by atoms with van der Waals surface area (Å²) in [6.45, 7) is 0.556. The van der Waals surface area contributed by atoms with E-state index in [-0.39, 0.29) is 12.6 Å². The minimum Gasteiger partial charge on any atom is -0.392 e. The average molecular weight is 275 g/mol. The van der Waals surface area contributed by atoms with Crippen LogP contribution in [-0.2, 0) is 20.1 Å². The van der Waals surface area contributed by atoms with Crippen molar-refractivity contribution >= 4 is 12.0 Å². The second-order valence-corrected chi connectivity index (χ2v) is 4.31. The van der Waals surface area contributed by atoms with Gasteiger partial charge in [0.25, 0.3) is 0 Å². The van der Waals surface area contributed by atoms with Crippen molar-refractivity contribution in [3.63, 3.8) is 0 Å². The Kier molecular flexibility index (Phi) is 4.67. The van der Waals surface area contributed by atoms with Crippen LogP contribution in [0.15, 0.2) is 30.6 Å². The average Bonchev–Trinajstić information content (AvgIpc) is 2.85. The van der Waals surface area contributed by atoms with E-state index in [2.05, 4.69) is 20.7 Å². The number of urea groups is 1. The highest BCUT2D eigenvalue weighted by molar-refractivity contribution is 5.87. The Morgan fingerprint density at radius 3 is 2.60 bits per heavy atom. The predicted octanol–water partition coefficient (Wildman–Crippen LogP) is 0.672. The summed E-state index contributed by atoms with van der Waals surface area (Å²) in [5.74, 6) is 0.398. The summed E-state index contributed by atoms with van der Waals surface area (Å²) in [5, 5.41) is 18.1. The molecule has 0 spiro atoms. The fraction of sp³-hybridized carbons (Fsp3) is 0.308. The zero-order valence-electron chi connectivity index (χ0n) is 11.2. The van der Waals surface area contributed by atoms with Crippen molar-refractivity contribution in [3.8, 4) is 0 Å². The number of aryl methyl sites for hydroxylation is 1. The molecule has 0 fully saturated rings. The number of benzene rings is 1. The van der Waals surface area contributed by atoms with Gasteiger partial charge in [0.2, 0.25) is 5.95 Å². The van der Waals surface area contributed by atoms with Gasteiger partial charge >= 0.3 is 6.03 Å². The number of hydrogen-bond donors (Lipinski definition) is 3. The van der Waals surface area contributed by atoms with Crippen molar-refractivity contribution in [2.75, 3.05) is 11.9 Å². The Morgan fingerprint density at radius 2 is 2.00 bits per heavy atom. The molecule has 2 rings (SSSR count). The van der Waals surface area contributed by atoms with Crippen LogP contribution in [0.5, 0.6) is 0 Å². The summed E-state index contributed by atoms with van der Waals surface area (Å²) in [6, 6.07) is 7.30. The number of carbonyl (C=O) groups excluding carboxylic acids is 1. The van der Waals surface area contributed by atoms with Gasteiger partial charge in [-0.05, 0) is 17.5 Å². The molecule has 0 radical (unpaired) electrons. The summed E-state index contributed by atoms with van der Waals surface area (Å²) >= 11 is 0. The van der Waals surface area contributed by atoms with Crippen molar-refractivity contribution in [2.24, 2.45) is 7.05 Å². The first-order valence-electron chi connectivity index (χ1n) is 6.26. The van der Waals surface area contributed by atoms with Crippen LogP contribution < -0.4 is 10.6 Å². The Bertz CT molecular complexity index is 564. The third kappa shape index (κ3) is 3.79. The Morgan fingerprint density at radius 1 is 1.30 bits per heavy atom. The fourth-order valence-corrected chi connectivity index (χ4v) is 1.69. The number of aliphatic hydroxyl groups excluding tert-OH is 1. The SMILES string of the molecule is Cn1ncnc1NC(=O)NCCc1ccc(CO)cc1. The minimum atomic E-state index is -0.312. The van der Waals surface area contributed by atoms with E-state index in [9.17, 15) is 4.79 Å². The number of amides is 2. The van der Waals surface area contributed by atoms with Crippen LogP contribution in [0.2, 0.25) is 0 Å². The zero-order chi connectivity index (χ0) is 14.4. The van der Waals surface area contributed by atoms with E-state index in [1.807, 2.05) is 24.3 Å². The molecule has 1 aromatic heterocycles. The largest absolute Gasteiger partial charge is 0.392 e. The lowest BCUT2D eigenvalue weighted by Crippen LogP contribution is -2.31. The van der Waals surface area contributed by atoms with Crippen LogP contribution in [0.3, 0.4) is 0 Å². The van der Waals surface area contributed by atoms with Gasteiger partial charge in [-0.1, -0.05) is 24.3 Å². The first kappa shape index (κ1) is 14.0. The highest BCUT2D eigenvalue weighted by Gasteiger charge is 2.05. The van der Waals surface area contributed by atoms with Crippen LogP contribution in [-0.4, -0.2) is 32.4 Å². The van der Waals surface area contributed by atoms with Crippen LogP contribution in [0, 0.1) is 0 Å². The number of aliphatic hydroxyl groups is 1. The minimum absolute atomic E-state index is 0.0403. The maximum atomic E-state index is 11.6. The Balaban J connectivity index is 1.75. The van der Waals surface area contributed by atoms with Gasteiger partial charge in [0.1, 0.15) is 6.33 Å². The molecule has 106 valence electrons. The number of anilines is 1. The summed E-state index contributed by atoms with van der Waals surface area (Å²) in [7, 11) is 1.70. The molecule has 2 aromatic rings. The summed E-state index contributed by atoms with van der Waals surface area (Å²) < 4.78 is 1.48. The van der Waals surface area contributed by atoms with Crippen LogP contribution in [0.1, 0.15) is 11.1 Å². The van der Waals surface area contributed by atoms with Gasteiger partial charge in [-0.3, -0.25) is 5.32 Å². The third-order valence-corrected chi connectivity index (χ3v) is 2.84. The molecule has 2 amide bonds.